The molecular formula is C16H24NO2+. The summed E-state index contributed by atoms with van der Waals surface area (Å²) in [4.78, 5) is 11.2. The molecule has 0 aliphatic rings. The van der Waals surface area contributed by atoms with E-state index in [-0.39, 0.29) is 5.97 Å². The van der Waals surface area contributed by atoms with Crippen LogP contribution in [0.2, 0.25) is 0 Å². The van der Waals surface area contributed by atoms with E-state index in [4.69, 9.17) is 4.74 Å². The zero-order valence-electron chi connectivity index (χ0n) is 12.0. The molecule has 0 spiro atoms. The van der Waals surface area contributed by atoms with E-state index in [2.05, 4.69) is 42.6 Å². The van der Waals surface area contributed by atoms with Crippen LogP contribution in [0.5, 0.6) is 0 Å². The minimum Gasteiger partial charge on any atom is -0.462 e. The Morgan fingerprint density at radius 1 is 1.42 bits per heavy atom. The Hall–Kier alpha value is -1.64. The van der Waals surface area contributed by atoms with Crippen LogP contribution < -0.4 is 4.57 Å². The quantitative estimate of drug-likeness (QED) is 0.312. The number of pyridine rings is 1. The minimum absolute atomic E-state index is 0.300. The first kappa shape index (κ1) is 15.4. The molecular weight excluding hydrogens is 238 g/mol. The molecule has 0 fully saturated rings. The molecule has 1 aromatic heterocycles. The Morgan fingerprint density at radius 2 is 2.21 bits per heavy atom. The molecule has 3 heteroatoms. The van der Waals surface area contributed by atoms with Crippen molar-refractivity contribution in [3.63, 3.8) is 0 Å². The number of hydrogen-bond donors (Lipinski definition) is 0. The highest BCUT2D eigenvalue weighted by atomic mass is 16.5. The molecule has 1 aromatic rings. The average Bonchev–Trinajstić information content (AvgIpc) is 2.41. The van der Waals surface area contributed by atoms with Crippen LogP contribution in [0.15, 0.2) is 36.7 Å². The van der Waals surface area contributed by atoms with Crippen molar-refractivity contribution in [1.29, 1.82) is 0 Å². The van der Waals surface area contributed by atoms with E-state index < -0.39 is 0 Å². The summed E-state index contributed by atoms with van der Waals surface area (Å²) in [6.45, 7) is 8.93. The van der Waals surface area contributed by atoms with Crippen molar-refractivity contribution in [2.45, 2.75) is 46.1 Å². The van der Waals surface area contributed by atoms with Gasteiger partial charge in [-0.05, 0) is 25.8 Å². The predicted octanol–water partition coefficient (Wildman–Crippen LogP) is 2.83. The summed E-state index contributed by atoms with van der Waals surface area (Å²) in [6, 6.07) is 4.19. The first-order valence-electron chi connectivity index (χ1n) is 6.94. The first-order valence-corrected chi connectivity index (χ1v) is 6.94. The molecule has 104 valence electrons. The van der Waals surface area contributed by atoms with E-state index in [1.807, 2.05) is 0 Å². The number of carbonyl (C=O) groups excluding carboxylic acids is 1. The smallest absolute Gasteiger partial charge is 0.333 e. The zero-order chi connectivity index (χ0) is 14.1. The Balaban J connectivity index is 2.32. The van der Waals surface area contributed by atoms with Gasteiger partial charge in [0.25, 0.3) is 0 Å². The molecule has 0 aliphatic heterocycles. The van der Waals surface area contributed by atoms with Crippen molar-refractivity contribution in [2.24, 2.45) is 0 Å². The van der Waals surface area contributed by atoms with Crippen LogP contribution in [0.3, 0.4) is 0 Å². The summed E-state index contributed by atoms with van der Waals surface area (Å²) in [6.07, 6.45) is 8.45. The summed E-state index contributed by atoms with van der Waals surface area (Å²) < 4.78 is 7.30. The van der Waals surface area contributed by atoms with E-state index in [9.17, 15) is 4.79 Å². The van der Waals surface area contributed by atoms with Gasteiger partial charge in [-0.15, -0.1) is 0 Å². The van der Waals surface area contributed by atoms with Gasteiger partial charge in [0.05, 0.1) is 6.61 Å². The van der Waals surface area contributed by atoms with Crippen molar-refractivity contribution in [2.75, 3.05) is 6.61 Å². The maximum absolute atomic E-state index is 11.2. The highest BCUT2D eigenvalue weighted by Crippen LogP contribution is 2.01. The molecule has 0 aliphatic carbocycles. The van der Waals surface area contributed by atoms with Gasteiger partial charge in [-0.25, -0.2) is 9.36 Å². The molecule has 3 nitrogen and oxygen atoms in total. The number of unbranched alkanes of at least 4 members (excludes halogenated alkanes) is 1. The van der Waals surface area contributed by atoms with Crippen LogP contribution in [-0.4, -0.2) is 12.6 Å². The molecule has 0 atom stereocenters. The largest absolute Gasteiger partial charge is 0.462 e. The monoisotopic (exact) mass is 262 g/mol. The number of ether oxygens (including phenoxy) is 1. The maximum atomic E-state index is 11.2. The van der Waals surface area contributed by atoms with Gasteiger partial charge >= 0.3 is 5.97 Å². The van der Waals surface area contributed by atoms with Gasteiger partial charge in [0.2, 0.25) is 0 Å². The SMILES string of the molecule is C=C(C)C(=O)OCCCc1ccc[n+](CCCC)c1. The van der Waals surface area contributed by atoms with E-state index >= 15 is 0 Å². The van der Waals surface area contributed by atoms with Crippen molar-refractivity contribution >= 4 is 5.97 Å². The summed E-state index contributed by atoms with van der Waals surface area (Å²) in [5.41, 5.74) is 1.74. The van der Waals surface area contributed by atoms with E-state index in [1.165, 1.54) is 18.4 Å². The van der Waals surface area contributed by atoms with Crippen molar-refractivity contribution < 1.29 is 14.1 Å². The first-order chi connectivity index (χ1) is 9.13. The number of esters is 1. The molecule has 19 heavy (non-hydrogen) atoms. The van der Waals surface area contributed by atoms with Crippen molar-refractivity contribution in [1.82, 2.24) is 0 Å². The second-order valence-corrected chi connectivity index (χ2v) is 4.82. The molecule has 0 aromatic carbocycles. The summed E-state index contributed by atoms with van der Waals surface area (Å²) in [5, 5.41) is 0. The topological polar surface area (TPSA) is 30.2 Å². The number of aromatic nitrogens is 1. The molecule has 1 rings (SSSR count). The zero-order valence-corrected chi connectivity index (χ0v) is 12.0. The highest BCUT2D eigenvalue weighted by molar-refractivity contribution is 5.86. The van der Waals surface area contributed by atoms with Gasteiger partial charge in [0.1, 0.15) is 6.54 Å². The van der Waals surface area contributed by atoms with Gasteiger partial charge in [-0.1, -0.05) is 19.9 Å². The number of carbonyl (C=O) groups is 1. The van der Waals surface area contributed by atoms with Crippen molar-refractivity contribution in [3.8, 4) is 0 Å². The number of nitrogens with zero attached hydrogens (tertiary/aromatic N) is 1. The van der Waals surface area contributed by atoms with E-state index in [0.29, 0.717) is 12.2 Å². The number of rotatable bonds is 8. The summed E-state index contributed by atoms with van der Waals surface area (Å²) in [7, 11) is 0. The van der Waals surface area contributed by atoms with Crippen LogP contribution in [0.4, 0.5) is 0 Å². The van der Waals surface area contributed by atoms with Crippen LogP contribution >= 0.6 is 0 Å². The third-order valence-electron chi connectivity index (χ3n) is 2.88. The van der Waals surface area contributed by atoms with Crippen LogP contribution in [0, 0.1) is 0 Å². The standard InChI is InChI=1S/C16H24NO2/c1-4-5-10-17-11-6-8-15(13-17)9-7-12-19-16(18)14(2)3/h6,8,11,13H,2,4-5,7,9-10,12H2,1,3H3/q+1. The highest BCUT2D eigenvalue weighted by Gasteiger charge is 2.04. The predicted molar refractivity (Wildman–Crippen MR) is 75.6 cm³/mol. The lowest BCUT2D eigenvalue weighted by atomic mass is 10.1. The second kappa shape index (κ2) is 8.46. The molecule has 0 saturated carbocycles. The third kappa shape index (κ3) is 6.18. The lowest BCUT2D eigenvalue weighted by molar-refractivity contribution is -0.697. The third-order valence-corrected chi connectivity index (χ3v) is 2.88. The van der Waals surface area contributed by atoms with Crippen molar-refractivity contribution in [3.05, 3.63) is 42.2 Å². The van der Waals surface area contributed by atoms with E-state index in [0.717, 1.165) is 19.4 Å². The molecule has 0 radical (unpaired) electrons. The Kier molecular flexibility index (Phi) is 6.86. The van der Waals surface area contributed by atoms with Gasteiger partial charge in [0.15, 0.2) is 12.4 Å². The Bertz CT molecular complexity index is 427. The second-order valence-electron chi connectivity index (χ2n) is 4.82. The van der Waals surface area contributed by atoms with Gasteiger partial charge in [-0.2, -0.15) is 0 Å². The number of hydrogen-bond acceptors (Lipinski definition) is 2. The fourth-order valence-corrected chi connectivity index (χ4v) is 1.77. The maximum Gasteiger partial charge on any atom is 0.333 e. The molecule has 1 heterocycles. The lowest BCUT2D eigenvalue weighted by Crippen LogP contribution is -2.33. The normalized spacial score (nSPS) is 10.2. The summed E-state index contributed by atoms with van der Waals surface area (Å²) in [5.74, 6) is -0.300. The molecule has 0 amide bonds. The fourth-order valence-electron chi connectivity index (χ4n) is 1.77. The van der Waals surface area contributed by atoms with Crippen LogP contribution in [-0.2, 0) is 22.5 Å². The minimum atomic E-state index is -0.300. The van der Waals surface area contributed by atoms with E-state index in [1.54, 1.807) is 6.92 Å². The Labute approximate surface area is 115 Å². The average molecular weight is 262 g/mol. The van der Waals surface area contributed by atoms with Gasteiger partial charge in [-0.3, -0.25) is 0 Å². The van der Waals surface area contributed by atoms with Gasteiger partial charge < -0.3 is 4.74 Å². The number of aryl methyl sites for hydroxylation is 2. The summed E-state index contributed by atoms with van der Waals surface area (Å²) >= 11 is 0. The van der Waals surface area contributed by atoms with Gasteiger partial charge in [0, 0.05) is 23.6 Å². The van der Waals surface area contributed by atoms with Crippen LogP contribution in [0.1, 0.15) is 38.7 Å². The lowest BCUT2D eigenvalue weighted by Gasteiger charge is -2.04. The molecule has 0 unspecified atom stereocenters. The molecule has 0 bridgehead atoms. The van der Waals surface area contributed by atoms with Crippen LogP contribution in [0.25, 0.3) is 0 Å². The molecule has 0 saturated heterocycles. The Morgan fingerprint density at radius 3 is 2.89 bits per heavy atom. The fraction of sp³-hybridized carbons (Fsp3) is 0.500. The molecule has 0 N–H and O–H groups in total.